The number of hydrogen-bond acceptors (Lipinski definition) is 3. The fraction of sp³-hybridized carbons (Fsp3) is 0.900. The average Bonchev–Trinajstić information content (AvgIpc) is 2.16. The van der Waals surface area contributed by atoms with Gasteiger partial charge in [-0.2, -0.15) is 11.8 Å². The first-order chi connectivity index (χ1) is 6.29. The molecule has 2 saturated heterocycles. The summed E-state index contributed by atoms with van der Waals surface area (Å²) in [7, 11) is 1.50. The molecule has 0 aromatic carbocycles. The maximum absolute atomic E-state index is 11.4. The van der Waals surface area contributed by atoms with Crippen LogP contribution in [0.3, 0.4) is 0 Å². The minimum Gasteiger partial charge on any atom is -0.469 e. The van der Waals surface area contributed by atoms with E-state index in [1.807, 2.05) is 0 Å². The van der Waals surface area contributed by atoms with Crippen molar-refractivity contribution in [3.05, 3.63) is 0 Å². The molecule has 13 heavy (non-hydrogen) atoms. The second-order valence-electron chi connectivity index (χ2n) is 4.00. The molecule has 0 aliphatic carbocycles. The molecule has 2 aliphatic rings. The van der Waals surface area contributed by atoms with Crippen molar-refractivity contribution >= 4 is 17.7 Å². The summed E-state index contributed by atoms with van der Waals surface area (Å²) < 4.78 is 4.81. The lowest BCUT2D eigenvalue weighted by Gasteiger charge is -2.37. The molecule has 2 unspecified atom stereocenters. The zero-order valence-corrected chi connectivity index (χ0v) is 8.81. The van der Waals surface area contributed by atoms with Crippen molar-refractivity contribution in [3.8, 4) is 0 Å². The molecule has 0 saturated carbocycles. The topological polar surface area (TPSA) is 26.3 Å². The van der Waals surface area contributed by atoms with E-state index in [4.69, 9.17) is 4.74 Å². The highest BCUT2D eigenvalue weighted by molar-refractivity contribution is 8.00. The Bertz CT molecular complexity index is 193. The third-order valence-corrected chi connectivity index (χ3v) is 4.69. The van der Waals surface area contributed by atoms with Crippen molar-refractivity contribution in [2.75, 3.05) is 7.11 Å². The highest BCUT2D eigenvalue weighted by Gasteiger charge is 2.35. The van der Waals surface area contributed by atoms with Gasteiger partial charge in [0.2, 0.25) is 0 Å². The first kappa shape index (κ1) is 9.38. The van der Waals surface area contributed by atoms with E-state index in [9.17, 15) is 4.79 Å². The molecule has 2 nitrogen and oxygen atoms in total. The van der Waals surface area contributed by atoms with Crippen LogP contribution in [-0.2, 0) is 9.53 Å². The predicted octanol–water partition coefficient (Wildman–Crippen LogP) is 2.22. The summed E-state index contributed by atoms with van der Waals surface area (Å²) in [5, 5.41) is 1.47. The molecule has 2 fully saturated rings. The van der Waals surface area contributed by atoms with Gasteiger partial charge in [0.25, 0.3) is 0 Å². The molecule has 0 aromatic heterocycles. The fourth-order valence-electron chi connectivity index (χ4n) is 2.42. The van der Waals surface area contributed by atoms with Crippen molar-refractivity contribution in [2.45, 2.75) is 42.6 Å². The molecule has 0 radical (unpaired) electrons. The van der Waals surface area contributed by atoms with E-state index in [0.717, 1.165) is 23.3 Å². The highest BCUT2D eigenvalue weighted by atomic mass is 32.2. The average molecular weight is 200 g/mol. The number of rotatable bonds is 1. The Labute approximate surface area is 83.4 Å². The van der Waals surface area contributed by atoms with Crippen LogP contribution in [0.2, 0.25) is 0 Å². The molecule has 2 heterocycles. The summed E-state index contributed by atoms with van der Waals surface area (Å²) in [4.78, 5) is 11.4. The van der Waals surface area contributed by atoms with Gasteiger partial charge in [-0.3, -0.25) is 4.79 Å². The zero-order valence-electron chi connectivity index (χ0n) is 7.99. The number of fused-ring (bicyclic) bond motifs is 2. The van der Waals surface area contributed by atoms with E-state index in [-0.39, 0.29) is 11.9 Å². The van der Waals surface area contributed by atoms with Crippen LogP contribution in [0.1, 0.15) is 32.1 Å². The Balaban J connectivity index is 1.97. The summed E-state index contributed by atoms with van der Waals surface area (Å²) in [5.41, 5.74) is 0. The Morgan fingerprint density at radius 2 is 1.92 bits per heavy atom. The zero-order chi connectivity index (χ0) is 9.26. The third kappa shape index (κ3) is 2.01. The summed E-state index contributed by atoms with van der Waals surface area (Å²) in [6.07, 6.45) is 6.06. The molecule has 0 aromatic rings. The minimum absolute atomic E-state index is 0.0113. The summed E-state index contributed by atoms with van der Waals surface area (Å²) in [6.45, 7) is 0. The van der Waals surface area contributed by atoms with Crippen LogP contribution in [0.4, 0.5) is 0 Å². The number of methoxy groups -OCH3 is 1. The van der Waals surface area contributed by atoms with E-state index in [2.05, 4.69) is 11.8 Å². The largest absolute Gasteiger partial charge is 0.469 e. The second-order valence-corrected chi connectivity index (χ2v) is 5.61. The third-order valence-electron chi connectivity index (χ3n) is 3.07. The Hall–Kier alpha value is -0.180. The Morgan fingerprint density at radius 1 is 1.31 bits per heavy atom. The number of carbonyl (C=O) groups is 1. The molecule has 0 amide bonds. The Kier molecular flexibility index (Phi) is 2.82. The molecular weight excluding hydrogens is 184 g/mol. The molecule has 0 N–H and O–H groups in total. The van der Waals surface area contributed by atoms with Crippen LogP contribution >= 0.6 is 11.8 Å². The number of hydrogen-bond donors (Lipinski definition) is 0. The molecule has 2 bridgehead atoms. The van der Waals surface area contributed by atoms with Crippen LogP contribution in [0, 0.1) is 5.92 Å². The van der Waals surface area contributed by atoms with Crippen LogP contribution in [0.15, 0.2) is 0 Å². The van der Waals surface area contributed by atoms with Gasteiger partial charge in [-0.25, -0.2) is 0 Å². The Morgan fingerprint density at radius 3 is 2.46 bits per heavy atom. The minimum atomic E-state index is 0.0113. The summed E-state index contributed by atoms with van der Waals surface area (Å²) in [5.74, 6) is 0.207. The SMILES string of the molecule is COC(=O)C1CC2CCCC(C1)S2. The van der Waals surface area contributed by atoms with Gasteiger partial charge in [0.05, 0.1) is 13.0 Å². The van der Waals surface area contributed by atoms with E-state index in [0.29, 0.717) is 0 Å². The molecule has 74 valence electrons. The fourth-order valence-corrected chi connectivity index (χ4v) is 4.25. The van der Waals surface area contributed by atoms with Crippen molar-refractivity contribution < 1.29 is 9.53 Å². The van der Waals surface area contributed by atoms with Gasteiger partial charge in [0, 0.05) is 10.5 Å². The van der Waals surface area contributed by atoms with Gasteiger partial charge in [-0.1, -0.05) is 6.42 Å². The van der Waals surface area contributed by atoms with Crippen LogP contribution in [-0.4, -0.2) is 23.6 Å². The van der Waals surface area contributed by atoms with Gasteiger partial charge < -0.3 is 4.74 Å². The molecular formula is C10H16O2S. The van der Waals surface area contributed by atoms with Crippen molar-refractivity contribution in [1.82, 2.24) is 0 Å². The first-order valence-electron chi connectivity index (χ1n) is 5.03. The lowest BCUT2D eigenvalue weighted by molar-refractivity contribution is -0.146. The molecule has 2 atom stereocenters. The van der Waals surface area contributed by atoms with Crippen LogP contribution in [0.5, 0.6) is 0 Å². The van der Waals surface area contributed by atoms with Crippen molar-refractivity contribution in [3.63, 3.8) is 0 Å². The lowest BCUT2D eigenvalue weighted by atomic mass is 9.89. The smallest absolute Gasteiger partial charge is 0.308 e. The molecule has 3 heteroatoms. The number of thioether (sulfide) groups is 1. The van der Waals surface area contributed by atoms with E-state index in [1.165, 1.54) is 26.4 Å². The maximum atomic E-state index is 11.4. The van der Waals surface area contributed by atoms with E-state index >= 15 is 0 Å². The van der Waals surface area contributed by atoms with Crippen molar-refractivity contribution in [2.24, 2.45) is 5.92 Å². The quantitative estimate of drug-likeness (QED) is 0.607. The molecule has 0 spiro atoms. The summed E-state index contributed by atoms with van der Waals surface area (Å²) in [6, 6.07) is 0. The van der Waals surface area contributed by atoms with Crippen LogP contribution < -0.4 is 0 Å². The van der Waals surface area contributed by atoms with Gasteiger partial charge in [-0.05, 0) is 25.7 Å². The monoisotopic (exact) mass is 200 g/mol. The second kappa shape index (κ2) is 3.91. The lowest BCUT2D eigenvalue weighted by Crippen LogP contribution is -2.33. The maximum Gasteiger partial charge on any atom is 0.308 e. The number of esters is 1. The van der Waals surface area contributed by atoms with Gasteiger partial charge in [0.1, 0.15) is 0 Å². The van der Waals surface area contributed by atoms with Gasteiger partial charge >= 0.3 is 5.97 Å². The van der Waals surface area contributed by atoms with Gasteiger partial charge in [-0.15, -0.1) is 0 Å². The van der Waals surface area contributed by atoms with Crippen molar-refractivity contribution in [1.29, 1.82) is 0 Å². The summed E-state index contributed by atoms with van der Waals surface area (Å²) >= 11 is 2.10. The molecule has 2 aliphatic heterocycles. The standard InChI is InChI=1S/C10H16O2S/c1-12-10(11)7-5-8-3-2-4-9(6-7)13-8/h7-9H,2-6H2,1H3. The number of ether oxygens (including phenoxy) is 1. The predicted molar refractivity (Wildman–Crippen MR) is 53.8 cm³/mol. The highest BCUT2D eigenvalue weighted by Crippen LogP contribution is 2.43. The number of carbonyl (C=O) groups excluding carboxylic acids is 1. The van der Waals surface area contributed by atoms with E-state index < -0.39 is 0 Å². The van der Waals surface area contributed by atoms with Gasteiger partial charge in [0.15, 0.2) is 0 Å². The van der Waals surface area contributed by atoms with Crippen LogP contribution in [0.25, 0.3) is 0 Å². The molecule has 2 rings (SSSR count). The normalized spacial score (nSPS) is 38.4. The van der Waals surface area contributed by atoms with E-state index in [1.54, 1.807) is 0 Å². The first-order valence-corrected chi connectivity index (χ1v) is 5.97.